The summed E-state index contributed by atoms with van der Waals surface area (Å²) < 4.78 is 25.1. The van der Waals surface area contributed by atoms with E-state index in [-0.39, 0.29) is 16.9 Å². The van der Waals surface area contributed by atoms with Crippen molar-refractivity contribution in [1.29, 1.82) is 5.26 Å². The van der Waals surface area contributed by atoms with Crippen LogP contribution in [-0.2, 0) is 0 Å². The normalized spacial score (nSPS) is 12.0. The molecule has 0 aliphatic rings. The molecule has 1 atom stereocenters. The fraction of sp³-hybridized carbons (Fsp3) is 0.250. The van der Waals surface area contributed by atoms with E-state index in [4.69, 9.17) is 14.4 Å². The number of nitriles is 1. The second kappa shape index (κ2) is 7.80. The Labute approximate surface area is 159 Å². The number of thioether (sulfide) groups is 1. The van der Waals surface area contributed by atoms with E-state index in [9.17, 15) is 9.18 Å². The number of halogens is 1. The Morgan fingerprint density at radius 1 is 1.37 bits per heavy atom. The quantitative estimate of drug-likeness (QED) is 0.466. The summed E-state index contributed by atoms with van der Waals surface area (Å²) >= 11 is 1.44. The Morgan fingerprint density at radius 3 is 2.85 bits per heavy atom. The molecule has 7 heteroatoms. The average molecular weight is 384 g/mol. The molecule has 2 aromatic heterocycles. The Morgan fingerprint density at radius 2 is 2.15 bits per heavy atom. The largest absolute Gasteiger partial charge is 0.483 e. The second-order valence-corrected chi connectivity index (χ2v) is 7.21. The predicted molar refractivity (Wildman–Crippen MR) is 102 cm³/mol. The van der Waals surface area contributed by atoms with Crippen LogP contribution in [-0.4, -0.2) is 10.7 Å². The van der Waals surface area contributed by atoms with E-state index in [1.807, 2.05) is 26.0 Å². The number of nitrogens with zero attached hydrogens (tertiary/aromatic N) is 2. The summed E-state index contributed by atoms with van der Waals surface area (Å²) in [7, 11) is 0. The van der Waals surface area contributed by atoms with E-state index in [1.54, 1.807) is 13.0 Å². The van der Waals surface area contributed by atoms with E-state index in [0.29, 0.717) is 21.6 Å². The lowest BCUT2D eigenvalue weighted by Gasteiger charge is -2.17. The van der Waals surface area contributed by atoms with E-state index < -0.39 is 12.1 Å². The summed E-state index contributed by atoms with van der Waals surface area (Å²) in [6.07, 6.45) is -0.545. The maximum Gasteiger partial charge on any atom is 0.214 e. The molecule has 0 saturated carbocycles. The monoisotopic (exact) mass is 384 g/mol. The van der Waals surface area contributed by atoms with Crippen molar-refractivity contribution < 1.29 is 13.5 Å². The van der Waals surface area contributed by atoms with Crippen molar-refractivity contribution in [1.82, 2.24) is 4.98 Å². The van der Waals surface area contributed by atoms with Gasteiger partial charge in [-0.2, -0.15) is 9.65 Å². The molecule has 27 heavy (non-hydrogen) atoms. The lowest BCUT2D eigenvalue weighted by atomic mass is 10.0. The van der Waals surface area contributed by atoms with Crippen LogP contribution in [0.25, 0.3) is 11.0 Å². The predicted octanol–water partition coefficient (Wildman–Crippen LogP) is 4.76. The third kappa shape index (κ3) is 3.96. The number of benzene rings is 1. The van der Waals surface area contributed by atoms with E-state index >= 15 is 0 Å². The number of aromatic nitrogens is 1. The van der Waals surface area contributed by atoms with Crippen LogP contribution in [0.4, 0.5) is 4.39 Å². The van der Waals surface area contributed by atoms with Gasteiger partial charge in [0.25, 0.3) is 0 Å². The summed E-state index contributed by atoms with van der Waals surface area (Å²) in [6.45, 7) is 5.63. The molecule has 2 heterocycles. The van der Waals surface area contributed by atoms with Crippen molar-refractivity contribution in [2.45, 2.75) is 32.0 Å². The zero-order chi connectivity index (χ0) is 19.6. The molecule has 0 fully saturated rings. The zero-order valence-electron chi connectivity index (χ0n) is 15.1. The molecular weight excluding hydrogens is 367 g/mol. The number of fused-ring (bicyclic) bond motifs is 1. The molecule has 0 aliphatic carbocycles. The molecule has 0 amide bonds. The first-order valence-electron chi connectivity index (χ1n) is 8.37. The molecule has 0 unspecified atom stereocenters. The van der Waals surface area contributed by atoms with Crippen LogP contribution < -0.4 is 10.2 Å². The van der Waals surface area contributed by atoms with Gasteiger partial charge in [-0.05, 0) is 49.4 Å². The second-order valence-electron chi connectivity index (χ2n) is 5.95. The summed E-state index contributed by atoms with van der Waals surface area (Å²) in [6, 6.07) is 9.46. The summed E-state index contributed by atoms with van der Waals surface area (Å²) in [4.78, 5) is 16.0. The number of ether oxygens (including phenoxy) is 1. The number of pyridine rings is 1. The summed E-state index contributed by atoms with van der Waals surface area (Å²) in [5.41, 5.74) is 1.75. The van der Waals surface area contributed by atoms with Gasteiger partial charge in [0.1, 0.15) is 17.8 Å². The van der Waals surface area contributed by atoms with Gasteiger partial charge in [0.05, 0.1) is 5.39 Å². The lowest BCUT2D eigenvalue weighted by Crippen LogP contribution is -2.09. The van der Waals surface area contributed by atoms with Gasteiger partial charge in [-0.3, -0.25) is 4.79 Å². The minimum Gasteiger partial charge on any atom is -0.483 e. The highest BCUT2D eigenvalue weighted by Gasteiger charge is 2.19. The van der Waals surface area contributed by atoms with Gasteiger partial charge < -0.3 is 9.15 Å². The Balaban J connectivity index is 2.10. The molecule has 1 aromatic carbocycles. The van der Waals surface area contributed by atoms with E-state index in [2.05, 4.69) is 4.98 Å². The minimum atomic E-state index is -0.750. The molecule has 0 radical (unpaired) electrons. The Bertz CT molecular complexity index is 1100. The molecule has 5 nitrogen and oxygen atoms in total. The van der Waals surface area contributed by atoms with Crippen LogP contribution in [0.5, 0.6) is 5.75 Å². The number of hydrogen-bond donors (Lipinski definition) is 0. The van der Waals surface area contributed by atoms with Crippen LogP contribution in [0.1, 0.15) is 36.8 Å². The molecule has 0 bridgehead atoms. The fourth-order valence-corrected chi connectivity index (χ4v) is 3.40. The molecule has 0 saturated heterocycles. The maximum absolute atomic E-state index is 13.2. The van der Waals surface area contributed by atoms with E-state index in [1.165, 1.54) is 23.9 Å². The smallest absolute Gasteiger partial charge is 0.214 e. The van der Waals surface area contributed by atoms with Crippen LogP contribution in [0, 0.1) is 24.2 Å². The van der Waals surface area contributed by atoms with Gasteiger partial charge in [0.2, 0.25) is 5.95 Å². The molecule has 0 N–H and O–H groups in total. The number of aryl methyl sites for hydroxylation is 1. The molecule has 138 valence electrons. The fourth-order valence-electron chi connectivity index (χ4n) is 2.78. The van der Waals surface area contributed by atoms with Crippen molar-refractivity contribution >= 4 is 22.7 Å². The van der Waals surface area contributed by atoms with Gasteiger partial charge >= 0.3 is 0 Å². The number of rotatable bonds is 5. The Kier molecular flexibility index (Phi) is 5.47. The third-order valence-corrected chi connectivity index (χ3v) is 4.71. The molecule has 0 spiro atoms. The van der Waals surface area contributed by atoms with Crippen LogP contribution >= 0.6 is 11.8 Å². The Hall–Kier alpha value is -2.85. The summed E-state index contributed by atoms with van der Waals surface area (Å²) in [5, 5.41) is 10.2. The number of hydrogen-bond acceptors (Lipinski definition) is 6. The highest BCUT2D eigenvalue weighted by molar-refractivity contribution is 7.99. The maximum atomic E-state index is 13.2. The van der Waals surface area contributed by atoms with Crippen LogP contribution in [0.3, 0.4) is 0 Å². The van der Waals surface area contributed by atoms with Crippen LogP contribution in [0.15, 0.2) is 44.6 Å². The first-order valence-corrected chi connectivity index (χ1v) is 9.36. The third-order valence-electron chi connectivity index (χ3n) is 3.94. The van der Waals surface area contributed by atoms with Gasteiger partial charge in [0.15, 0.2) is 22.0 Å². The van der Waals surface area contributed by atoms with Gasteiger partial charge in [0, 0.05) is 11.6 Å². The van der Waals surface area contributed by atoms with Gasteiger partial charge in [-0.1, -0.05) is 18.7 Å². The summed E-state index contributed by atoms with van der Waals surface area (Å²) in [5.74, 6) is 0.191. The highest BCUT2D eigenvalue weighted by atomic mass is 32.2. The molecule has 3 rings (SSSR count). The topological polar surface area (TPSA) is 76.1 Å². The SMILES string of the molecule is CCSc1cc(=O)c2cc(C)cc([C@@H](C)Oc3ccc(F)nc3C#N)c2o1. The van der Waals surface area contributed by atoms with Gasteiger partial charge in [-0.25, -0.2) is 4.98 Å². The first-order chi connectivity index (χ1) is 12.9. The molecule has 0 aliphatic heterocycles. The minimum absolute atomic E-state index is 0.120. The van der Waals surface area contributed by atoms with Crippen molar-refractivity contribution in [2.24, 2.45) is 0 Å². The lowest BCUT2D eigenvalue weighted by molar-refractivity contribution is 0.224. The van der Waals surface area contributed by atoms with Crippen molar-refractivity contribution in [2.75, 3.05) is 5.75 Å². The average Bonchev–Trinajstić information content (AvgIpc) is 2.63. The molecule has 3 aromatic rings. The van der Waals surface area contributed by atoms with E-state index in [0.717, 1.165) is 17.4 Å². The van der Waals surface area contributed by atoms with Crippen molar-refractivity contribution in [3.05, 3.63) is 63.3 Å². The van der Waals surface area contributed by atoms with Crippen LogP contribution in [0.2, 0.25) is 0 Å². The highest BCUT2D eigenvalue weighted by Crippen LogP contribution is 2.31. The molecular formula is C20H17FN2O3S. The zero-order valence-corrected chi connectivity index (χ0v) is 15.9. The van der Waals surface area contributed by atoms with Crippen molar-refractivity contribution in [3.63, 3.8) is 0 Å². The first kappa shape index (κ1) is 18.9. The van der Waals surface area contributed by atoms with Gasteiger partial charge in [-0.15, -0.1) is 0 Å². The standard InChI is InChI=1S/C20H17FN2O3S/c1-4-27-19-9-16(24)14-8-11(2)7-13(20(14)26-19)12(3)25-17-5-6-18(21)23-15(17)10-22/h5-9,12H,4H2,1-3H3/t12-/m1/s1. The van der Waals surface area contributed by atoms with Crippen molar-refractivity contribution in [3.8, 4) is 11.8 Å².